The van der Waals surface area contributed by atoms with Crippen LogP contribution in [-0.4, -0.2) is 26.4 Å². The van der Waals surface area contributed by atoms with Gasteiger partial charge in [0.2, 0.25) is 0 Å². The summed E-state index contributed by atoms with van der Waals surface area (Å²) in [4.78, 5) is 15.4. The van der Waals surface area contributed by atoms with Crippen molar-refractivity contribution in [1.29, 1.82) is 10.8 Å². The lowest BCUT2D eigenvalue weighted by Gasteiger charge is -2.19. The van der Waals surface area contributed by atoms with Crippen LogP contribution in [0.5, 0.6) is 0 Å². The molecule has 2 aromatic heterocycles. The third-order valence-electron chi connectivity index (χ3n) is 9.08. The molecule has 0 fully saturated rings. The minimum Gasteiger partial charge on any atom is -0.299 e. The van der Waals surface area contributed by atoms with Crippen molar-refractivity contribution in [1.82, 2.24) is 15.0 Å². The van der Waals surface area contributed by atoms with Crippen molar-refractivity contribution in [2.45, 2.75) is 0 Å². The van der Waals surface area contributed by atoms with E-state index in [2.05, 4.69) is 72.8 Å². The molecule has 0 amide bonds. The summed E-state index contributed by atoms with van der Waals surface area (Å²) >= 11 is 0. The molecule has 0 saturated carbocycles. The molecule has 2 heterocycles. The molecule has 0 spiro atoms. The monoisotopic (exact) mass is 613 g/mol. The summed E-state index contributed by atoms with van der Waals surface area (Å²) in [5.41, 5.74) is 8.94. The number of aromatic nitrogens is 3. The Hall–Kier alpha value is -6.59. The number of rotatable bonds is 4. The Morgan fingerprint density at radius 3 is 1.73 bits per heavy atom. The zero-order chi connectivity index (χ0) is 32.2. The van der Waals surface area contributed by atoms with Crippen molar-refractivity contribution >= 4 is 49.9 Å². The van der Waals surface area contributed by atoms with E-state index < -0.39 is 0 Å². The molecule has 8 aromatic rings. The molecular weight excluding hydrogens is 587 g/mol. The van der Waals surface area contributed by atoms with Crippen LogP contribution in [0, 0.1) is 10.8 Å². The van der Waals surface area contributed by atoms with E-state index in [4.69, 9.17) is 25.8 Å². The van der Waals surface area contributed by atoms with Crippen molar-refractivity contribution in [3.63, 3.8) is 0 Å². The first-order valence-electron chi connectivity index (χ1n) is 15.9. The van der Waals surface area contributed by atoms with Crippen molar-refractivity contribution in [3.05, 3.63) is 157 Å². The highest BCUT2D eigenvalue weighted by molar-refractivity contribution is 6.54. The molecule has 2 N–H and O–H groups in total. The Balaban J connectivity index is 1.27. The summed E-state index contributed by atoms with van der Waals surface area (Å²) in [5.74, 6) is 0.644. The van der Waals surface area contributed by atoms with Gasteiger partial charge >= 0.3 is 0 Å². The summed E-state index contributed by atoms with van der Waals surface area (Å²) < 4.78 is 0. The van der Waals surface area contributed by atoms with E-state index in [1.165, 1.54) is 10.8 Å². The molecule has 1 aliphatic carbocycles. The minimum absolute atomic E-state index is 0.189. The van der Waals surface area contributed by atoms with Gasteiger partial charge in [-0.3, -0.25) is 10.8 Å². The lowest BCUT2D eigenvalue weighted by molar-refractivity contribution is 1.18. The molecule has 48 heavy (non-hydrogen) atoms. The molecule has 0 saturated heterocycles. The SMILES string of the molecule is N=C1C=Cc2c(-c3ccccc3)nc3cc(-c4cc(-c5ccc6ccccc6c5)nc(-c5ccc6ccccc6c5)n4)ccc3c2C1=N. The van der Waals surface area contributed by atoms with Crippen molar-refractivity contribution in [2.24, 2.45) is 0 Å². The number of nitrogens with zero attached hydrogens (tertiary/aromatic N) is 3. The van der Waals surface area contributed by atoms with Crippen LogP contribution < -0.4 is 0 Å². The number of fused-ring (bicyclic) bond motifs is 5. The van der Waals surface area contributed by atoms with Gasteiger partial charge in [0.1, 0.15) is 0 Å². The predicted octanol–water partition coefficient (Wildman–Crippen LogP) is 10.4. The predicted molar refractivity (Wildman–Crippen MR) is 198 cm³/mol. The summed E-state index contributed by atoms with van der Waals surface area (Å²) in [5, 5.41) is 22.8. The first kappa shape index (κ1) is 27.7. The number of hydrogen-bond acceptors (Lipinski definition) is 5. The van der Waals surface area contributed by atoms with Gasteiger partial charge in [0, 0.05) is 38.8 Å². The van der Waals surface area contributed by atoms with Crippen molar-refractivity contribution in [2.75, 3.05) is 0 Å². The van der Waals surface area contributed by atoms with E-state index in [0.29, 0.717) is 5.82 Å². The molecule has 5 heteroatoms. The summed E-state index contributed by atoms with van der Waals surface area (Å²) in [7, 11) is 0. The summed E-state index contributed by atoms with van der Waals surface area (Å²) in [6, 6.07) is 47.6. The molecule has 6 aromatic carbocycles. The topological polar surface area (TPSA) is 86.4 Å². The van der Waals surface area contributed by atoms with Gasteiger partial charge in [0.25, 0.3) is 0 Å². The van der Waals surface area contributed by atoms with Crippen LogP contribution in [0.3, 0.4) is 0 Å². The zero-order valence-corrected chi connectivity index (χ0v) is 25.8. The van der Waals surface area contributed by atoms with Gasteiger partial charge in [-0.1, -0.05) is 115 Å². The second-order valence-electron chi connectivity index (χ2n) is 12.1. The maximum atomic E-state index is 8.87. The van der Waals surface area contributed by atoms with Crippen LogP contribution in [0.4, 0.5) is 0 Å². The zero-order valence-electron chi connectivity index (χ0n) is 25.8. The van der Waals surface area contributed by atoms with Crippen LogP contribution in [-0.2, 0) is 0 Å². The quantitative estimate of drug-likeness (QED) is 0.207. The lowest BCUT2D eigenvalue weighted by Crippen LogP contribution is -2.17. The molecule has 0 unspecified atom stereocenters. The van der Waals surface area contributed by atoms with Crippen LogP contribution in [0.15, 0.2) is 146 Å². The van der Waals surface area contributed by atoms with Crippen LogP contribution >= 0.6 is 0 Å². The largest absolute Gasteiger partial charge is 0.299 e. The van der Waals surface area contributed by atoms with E-state index in [-0.39, 0.29) is 11.4 Å². The molecule has 1 aliphatic rings. The Morgan fingerprint density at radius 1 is 0.438 bits per heavy atom. The second kappa shape index (κ2) is 11.0. The average Bonchev–Trinajstić information content (AvgIpc) is 3.15. The first-order chi connectivity index (χ1) is 23.6. The maximum absolute atomic E-state index is 8.87. The van der Waals surface area contributed by atoms with Gasteiger partial charge in [-0.05, 0) is 58.0 Å². The van der Waals surface area contributed by atoms with E-state index in [0.717, 1.165) is 72.1 Å². The van der Waals surface area contributed by atoms with E-state index in [9.17, 15) is 0 Å². The molecule has 0 aliphatic heterocycles. The number of benzene rings is 6. The Labute approximate surface area is 276 Å². The Kier molecular flexibility index (Phi) is 6.37. The van der Waals surface area contributed by atoms with Gasteiger partial charge in [0.15, 0.2) is 5.82 Å². The smallest absolute Gasteiger partial charge is 0.160 e. The molecule has 0 atom stereocenters. The highest BCUT2D eigenvalue weighted by Crippen LogP contribution is 2.36. The highest BCUT2D eigenvalue weighted by Gasteiger charge is 2.23. The van der Waals surface area contributed by atoms with Gasteiger partial charge in [0.05, 0.1) is 34.0 Å². The van der Waals surface area contributed by atoms with Crippen molar-refractivity contribution < 1.29 is 0 Å². The first-order valence-corrected chi connectivity index (χ1v) is 15.9. The van der Waals surface area contributed by atoms with Crippen molar-refractivity contribution in [3.8, 4) is 45.2 Å². The standard InChI is InChI=1S/C43H27N5/c44-36-21-20-35-40(41(36)45)34-19-18-32(24-39(34)46-42(35)28-10-2-1-3-11-28)38-25-37(31-16-14-26-8-4-6-12-29(26)22-31)47-43(48-38)33-17-15-27-9-5-7-13-30(27)23-33/h1-25,44-45H. The van der Waals surface area contributed by atoms with Crippen LogP contribution in [0.25, 0.3) is 83.7 Å². The van der Waals surface area contributed by atoms with E-state index in [1.807, 2.05) is 72.8 Å². The maximum Gasteiger partial charge on any atom is 0.160 e. The third-order valence-corrected chi connectivity index (χ3v) is 9.08. The fraction of sp³-hybridized carbons (Fsp3) is 0. The van der Waals surface area contributed by atoms with Gasteiger partial charge in [-0.25, -0.2) is 15.0 Å². The molecule has 0 radical (unpaired) electrons. The molecule has 0 bridgehead atoms. The summed E-state index contributed by atoms with van der Waals surface area (Å²) in [6.07, 6.45) is 3.59. The van der Waals surface area contributed by atoms with Crippen LogP contribution in [0.2, 0.25) is 0 Å². The number of nitrogens with one attached hydrogen (secondary N) is 2. The van der Waals surface area contributed by atoms with E-state index in [1.54, 1.807) is 6.08 Å². The van der Waals surface area contributed by atoms with Crippen LogP contribution in [0.1, 0.15) is 11.1 Å². The second-order valence-corrected chi connectivity index (χ2v) is 12.1. The number of allylic oxidation sites excluding steroid dienone is 1. The van der Waals surface area contributed by atoms with Gasteiger partial charge < -0.3 is 0 Å². The molecule has 224 valence electrons. The van der Waals surface area contributed by atoms with E-state index >= 15 is 0 Å². The average molecular weight is 614 g/mol. The lowest BCUT2D eigenvalue weighted by atomic mass is 9.87. The minimum atomic E-state index is 0.189. The molecule has 5 nitrogen and oxygen atoms in total. The molecule has 9 rings (SSSR count). The number of pyridine rings is 1. The summed E-state index contributed by atoms with van der Waals surface area (Å²) in [6.45, 7) is 0. The van der Waals surface area contributed by atoms with Gasteiger partial charge in [-0.2, -0.15) is 0 Å². The fourth-order valence-corrected chi connectivity index (χ4v) is 6.62. The Morgan fingerprint density at radius 2 is 1.02 bits per heavy atom. The normalized spacial score (nSPS) is 12.6. The Bertz CT molecular complexity index is 2560. The van der Waals surface area contributed by atoms with Gasteiger partial charge in [-0.15, -0.1) is 0 Å². The molecular formula is C43H27N5. The number of hydrogen-bond donors (Lipinski definition) is 2. The highest BCUT2D eigenvalue weighted by atomic mass is 14.9. The third kappa shape index (κ3) is 4.68. The fourth-order valence-electron chi connectivity index (χ4n) is 6.62.